The van der Waals surface area contributed by atoms with Crippen molar-refractivity contribution >= 4 is 5.97 Å². The van der Waals surface area contributed by atoms with Crippen LogP contribution < -0.4 is 0 Å². The molecule has 72 valence electrons. The van der Waals surface area contributed by atoms with E-state index in [1.807, 2.05) is 0 Å². The molecule has 0 saturated heterocycles. The summed E-state index contributed by atoms with van der Waals surface area (Å²) in [4.78, 5) is 10.7. The second-order valence-electron chi connectivity index (χ2n) is 2.45. The smallest absolute Gasteiger partial charge is 0.389 e. The lowest BCUT2D eigenvalue weighted by molar-refractivity contribution is -0.166. The molecule has 0 fully saturated rings. The molecule has 0 aromatic carbocycles. The number of carbonyl (C=O) groups is 1. The molecule has 0 aromatic heterocycles. The third kappa shape index (κ3) is 4.20. The summed E-state index contributed by atoms with van der Waals surface area (Å²) in [5.41, 5.74) is 0. The van der Waals surface area contributed by atoms with Crippen molar-refractivity contribution in [1.82, 2.24) is 0 Å². The second kappa shape index (κ2) is 4.33. The fourth-order valence-corrected chi connectivity index (χ4v) is 0.840. The zero-order valence-electron chi connectivity index (χ0n) is 6.94. The third-order valence-electron chi connectivity index (χ3n) is 1.51. The van der Waals surface area contributed by atoms with E-state index >= 15 is 0 Å². The average molecular weight is 184 g/mol. The standard InChI is InChI=1S/C7H11F3O2/c1-3-5(6(11)12-2)4-7(8,9)10/h5H,3-4H2,1-2H3. The molecule has 0 heterocycles. The summed E-state index contributed by atoms with van der Waals surface area (Å²) in [5.74, 6) is -1.86. The summed E-state index contributed by atoms with van der Waals surface area (Å²) in [7, 11) is 1.08. The number of esters is 1. The lowest BCUT2D eigenvalue weighted by Gasteiger charge is -2.13. The molecule has 1 atom stereocenters. The van der Waals surface area contributed by atoms with Gasteiger partial charge in [0, 0.05) is 0 Å². The van der Waals surface area contributed by atoms with Gasteiger partial charge in [0.25, 0.3) is 0 Å². The first-order valence-corrected chi connectivity index (χ1v) is 3.55. The molecule has 2 nitrogen and oxygen atoms in total. The first-order chi connectivity index (χ1) is 5.40. The maximum atomic E-state index is 11.8. The summed E-state index contributed by atoms with van der Waals surface area (Å²) in [6.07, 6.45) is -5.25. The minimum atomic E-state index is -4.30. The van der Waals surface area contributed by atoms with Crippen molar-refractivity contribution in [3.8, 4) is 0 Å². The minimum Gasteiger partial charge on any atom is -0.469 e. The second-order valence-corrected chi connectivity index (χ2v) is 2.45. The summed E-state index contributed by atoms with van der Waals surface area (Å²) in [5, 5.41) is 0. The van der Waals surface area contributed by atoms with Crippen molar-refractivity contribution in [1.29, 1.82) is 0 Å². The number of hydrogen-bond acceptors (Lipinski definition) is 2. The van der Waals surface area contributed by atoms with Gasteiger partial charge in [0.05, 0.1) is 19.4 Å². The summed E-state index contributed by atoms with van der Waals surface area (Å²) >= 11 is 0. The molecule has 12 heavy (non-hydrogen) atoms. The van der Waals surface area contributed by atoms with Gasteiger partial charge >= 0.3 is 12.1 Å². The van der Waals surface area contributed by atoms with Gasteiger partial charge in [-0.1, -0.05) is 6.92 Å². The Bertz CT molecular complexity index is 153. The predicted molar refractivity (Wildman–Crippen MR) is 36.5 cm³/mol. The van der Waals surface area contributed by atoms with E-state index in [0.29, 0.717) is 0 Å². The number of alkyl halides is 3. The number of methoxy groups -OCH3 is 1. The van der Waals surface area contributed by atoms with Gasteiger partial charge in [-0.2, -0.15) is 13.2 Å². The van der Waals surface area contributed by atoms with Gasteiger partial charge in [-0.05, 0) is 6.42 Å². The highest BCUT2D eigenvalue weighted by molar-refractivity contribution is 5.72. The van der Waals surface area contributed by atoms with Gasteiger partial charge in [-0.3, -0.25) is 4.79 Å². The molecule has 0 aromatic rings. The summed E-state index contributed by atoms with van der Waals surface area (Å²) in [6, 6.07) is 0. The van der Waals surface area contributed by atoms with Crippen LogP contribution in [0.3, 0.4) is 0 Å². The van der Waals surface area contributed by atoms with Crippen LogP contribution in [0.4, 0.5) is 13.2 Å². The van der Waals surface area contributed by atoms with E-state index in [4.69, 9.17) is 0 Å². The Balaban J connectivity index is 4.09. The molecule has 1 unspecified atom stereocenters. The van der Waals surface area contributed by atoms with Crippen molar-refractivity contribution in [2.45, 2.75) is 25.9 Å². The van der Waals surface area contributed by atoms with Crippen LogP contribution in [0.5, 0.6) is 0 Å². The third-order valence-corrected chi connectivity index (χ3v) is 1.51. The van der Waals surface area contributed by atoms with Crippen molar-refractivity contribution in [3.63, 3.8) is 0 Å². The molecule has 0 spiro atoms. The monoisotopic (exact) mass is 184 g/mol. The van der Waals surface area contributed by atoms with Gasteiger partial charge < -0.3 is 4.74 Å². The van der Waals surface area contributed by atoms with Crippen molar-refractivity contribution in [2.75, 3.05) is 7.11 Å². The molecule has 0 bridgehead atoms. The Kier molecular flexibility index (Phi) is 4.06. The van der Waals surface area contributed by atoms with Crippen LogP contribution in [0.25, 0.3) is 0 Å². The lowest BCUT2D eigenvalue weighted by Crippen LogP contribution is -2.22. The number of carbonyl (C=O) groups excluding carboxylic acids is 1. The fourth-order valence-electron chi connectivity index (χ4n) is 0.840. The Morgan fingerprint density at radius 2 is 2.00 bits per heavy atom. The maximum Gasteiger partial charge on any atom is 0.389 e. The molecule has 0 rings (SSSR count). The molecular formula is C7H11F3O2. The van der Waals surface area contributed by atoms with E-state index in [-0.39, 0.29) is 6.42 Å². The van der Waals surface area contributed by atoms with Crippen LogP contribution in [-0.2, 0) is 9.53 Å². The highest BCUT2D eigenvalue weighted by atomic mass is 19.4. The van der Waals surface area contributed by atoms with Crippen LogP contribution in [0.15, 0.2) is 0 Å². The molecule has 0 saturated carbocycles. The van der Waals surface area contributed by atoms with E-state index in [9.17, 15) is 18.0 Å². The van der Waals surface area contributed by atoms with E-state index in [0.717, 1.165) is 7.11 Å². The van der Waals surface area contributed by atoms with Crippen LogP contribution in [0.1, 0.15) is 19.8 Å². The number of rotatable bonds is 3. The number of ether oxygens (including phenoxy) is 1. The molecule has 0 aliphatic rings. The van der Waals surface area contributed by atoms with E-state index < -0.39 is 24.5 Å². The maximum absolute atomic E-state index is 11.8. The average Bonchev–Trinajstić information content (AvgIpc) is 1.97. The van der Waals surface area contributed by atoms with E-state index in [1.54, 1.807) is 0 Å². The van der Waals surface area contributed by atoms with Crippen LogP contribution in [0.2, 0.25) is 0 Å². The highest BCUT2D eigenvalue weighted by Crippen LogP contribution is 2.26. The first kappa shape index (κ1) is 11.3. The van der Waals surface area contributed by atoms with Crippen LogP contribution in [-0.4, -0.2) is 19.3 Å². The highest BCUT2D eigenvalue weighted by Gasteiger charge is 2.34. The quantitative estimate of drug-likeness (QED) is 0.628. The molecule has 0 N–H and O–H groups in total. The van der Waals surface area contributed by atoms with Crippen LogP contribution >= 0.6 is 0 Å². The molecule has 5 heteroatoms. The Morgan fingerprint density at radius 3 is 2.25 bits per heavy atom. The Labute approximate surface area is 68.7 Å². The van der Waals surface area contributed by atoms with Crippen molar-refractivity contribution in [2.24, 2.45) is 5.92 Å². The van der Waals surface area contributed by atoms with Gasteiger partial charge in [0.1, 0.15) is 0 Å². The molecule has 0 radical (unpaired) electrons. The fraction of sp³-hybridized carbons (Fsp3) is 0.857. The van der Waals surface area contributed by atoms with Crippen molar-refractivity contribution in [3.05, 3.63) is 0 Å². The molecule has 0 aliphatic carbocycles. The zero-order chi connectivity index (χ0) is 9.78. The number of hydrogen-bond donors (Lipinski definition) is 0. The van der Waals surface area contributed by atoms with Crippen LogP contribution in [0, 0.1) is 5.92 Å². The van der Waals surface area contributed by atoms with Gasteiger partial charge in [-0.15, -0.1) is 0 Å². The largest absolute Gasteiger partial charge is 0.469 e. The normalized spacial score (nSPS) is 14.1. The topological polar surface area (TPSA) is 26.3 Å². The first-order valence-electron chi connectivity index (χ1n) is 3.55. The zero-order valence-corrected chi connectivity index (χ0v) is 6.94. The SMILES string of the molecule is CCC(CC(F)(F)F)C(=O)OC. The lowest BCUT2D eigenvalue weighted by atomic mass is 10.0. The van der Waals surface area contributed by atoms with Gasteiger partial charge in [-0.25, -0.2) is 0 Å². The molecule has 0 amide bonds. The summed E-state index contributed by atoms with van der Waals surface area (Å²) < 4.78 is 39.6. The predicted octanol–water partition coefficient (Wildman–Crippen LogP) is 2.14. The Hall–Kier alpha value is -0.740. The minimum absolute atomic E-state index is 0.145. The number of halogens is 3. The van der Waals surface area contributed by atoms with Gasteiger partial charge in [0.2, 0.25) is 0 Å². The van der Waals surface area contributed by atoms with Crippen molar-refractivity contribution < 1.29 is 22.7 Å². The summed E-state index contributed by atoms with van der Waals surface area (Å²) in [6.45, 7) is 1.52. The molecule has 0 aliphatic heterocycles. The van der Waals surface area contributed by atoms with Gasteiger partial charge in [0.15, 0.2) is 0 Å². The van der Waals surface area contributed by atoms with E-state index in [1.165, 1.54) is 6.92 Å². The Morgan fingerprint density at radius 1 is 1.50 bits per heavy atom. The van der Waals surface area contributed by atoms with E-state index in [2.05, 4.69) is 4.74 Å². The molecular weight excluding hydrogens is 173 g/mol.